The lowest BCUT2D eigenvalue weighted by Crippen LogP contribution is -2.33. The van der Waals surface area contributed by atoms with Crippen molar-refractivity contribution in [2.75, 3.05) is 31.7 Å². The molecule has 0 radical (unpaired) electrons. The number of aryl methyl sites for hydroxylation is 1. The molecule has 49 heavy (non-hydrogen) atoms. The highest BCUT2D eigenvalue weighted by Gasteiger charge is 2.53. The topological polar surface area (TPSA) is 145 Å². The standard InChI is InChI=1S/C37H30N2O9S/c1-21-2-3-23-17-27(8-4-22(23)16-21)46-36(43)45-15-14-44-13-12-38-35(49)39-24-5-9-29-28(18-24)34(42)48-37(29)30-10-6-25(40)19-32(30)47-33-20-26(41)7-11-31(33)37/h2-11,16-20,40-41H,12-15H2,1H3,(H2,38,39,49). The van der Waals surface area contributed by atoms with E-state index in [0.717, 1.165) is 16.3 Å². The van der Waals surface area contributed by atoms with Gasteiger partial charge in [0.25, 0.3) is 0 Å². The molecule has 0 unspecified atom stereocenters. The van der Waals surface area contributed by atoms with Crippen LogP contribution in [0.1, 0.15) is 32.6 Å². The summed E-state index contributed by atoms with van der Waals surface area (Å²) in [4.78, 5) is 25.4. The molecule has 2 aliphatic rings. The molecule has 0 atom stereocenters. The lowest BCUT2D eigenvalue weighted by atomic mass is 9.77. The van der Waals surface area contributed by atoms with Crippen LogP contribution in [-0.2, 0) is 19.8 Å². The first-order chi connectivity index (χ1) is 23.7. The van der Waals surface area contributed by atoms with Gasteiger partial charge in [-0.1, -0.05) is 35.9 Å². The van der Waals surface area contributed by atoms with Crippen LogP contribution in [0.15, 0.2) is 91.0 Å². The van der Waals surface area contributed by atoms with Crippen LogP contribution in [0.3, 0.4) is 0 Å². The minimum atomic E-state index is -1.35. The average Bonchev–Trinajstić information content (AvgIpc) is 3.35. The molecule has 2 heterocycles. The van der Waals surface area contributed by atoms with Crippen molar-refractivity contribution in [3.05, 3.63) is 119 Å². The van der Waals surface area contributed by atoms with Gasteiger partial charge in [-0.25, -0.2) is 9.59 Å². The van der Waals surface area contributed by atoms with Crippen molar-refractivity contribution in [2.24, 2.45) is 0 Å². The predicted molar refractivity (Wildman–Crippen MR) is 184 cm³/mol. The van der Waals surface area contributed by atoms with Crippen LogP contribution in [0.4, 0.5) is 10.5 Å². The minimum Gasteiger partial charge on any atom is -0.508 e. The molecule has 1 spiro atoms. The largest absolute Gasteiger partial charge is 0.513 e. The van der Waals surface area contributed by atoms with Crippen molar-refractivity contribution >= 4 is 45.9 Å². The first kappa shape index (κ1) is 31.7. The number of benzene rings is 5. The first-order valence-corrected chi connectivity index (χ1v) is 15.8. The lowest BCUT2D eigenvalue weighted by Gasteiger charge is -2.36. The third kappa shape index (κ3) is 6.26. The molecule has 0 fully saturated rings. The summed E-state index contributed by atoms with van der Waals surface area (Å²) in [5.74, 6) is 0.410. The molecule has 248 valence electrons. The molecule has 12 heteroatoms. The molecule has 0 aliphatic carbocycles. The first-order valence-electron chi connectivity index (χ1n) is 15.4. The number of anilines is 1. The maximum absolute atomic E-state index is 13.3. The van der Waals surface area contributed by atoms with Gasteiger partial charge in [-0.2, -0.15) is 0 Å². The number of fused-ring (bicyclic) bond motifs is 7. The Morgan fingerprint density at radius 3 is 2.27 bits per heavy atom. The summed E-state index contributed by atoms with van der Waals surface area (Å²) in [6.07, 6.45) is -0.813. The molecule has 7 rings (SSSR count). The number of ether oxygens (including phenoxy) is 5. The van der Waals surface area contributed by atoms with Gasteiger partial charge in [0.1, 0.15) is 35.4 Å². The zero-order valence-electron chi connectivity index (χ0n) is 26.1. The fourth-order valence-corrected chi connectivity index (χ4v) is 6.23. The van der Waals surface area contributed by atoms with Crippen LogP contribution in [-0.4, -0.2) is 53.8 Å². The Bertz CT molecular complexity index is 2080. The van der Waals surface area contributed by atoms with E-state index in [1.165, 1.54) is 24.3 Å². The van der Waals surface area contributed by atoms with Gasteiger partial charge in [-0.3, -0.25) is 0 Å². The van der Waals surface area contributed by atoms with Gasteiger partial charge in [0.15, 0.2) is 10.7 Å². The monoisotopic (exact) mass is 678 g/mol. The van der Waals surface area contributed by atoms with Crippen molar-refractivity contribution in [1.82, 2.24) is 5.32 Å². The summed E-state index contributed by atoms with van der Waals surface area (Å²) in [5.41, 5.74) is 2.34. The molecule has 2 aliphatic heterocycles. The fraction of sp³-hybridized carbons (Fsp3) is 0.162. The minimum absolute atomic E-state index is 0.0183. The Kier molecular flexibility index (Phi) is 8.41. The van der Waals surface area contributed by atoms with E-state index in [-0.39, 0.29) is 31.3 Å². The highest BCUT2D eigenvalue weighted by atomic mass is 32.1. The van der Waals surface area contributed by atoms with Gasteiger partial charge in [-0.15, -0.1) is 0 Å². The number of hydrogen-bond donors (Lipinski definition) is 4. The second kappa shape index (κ2) is 13.0. The third-order valence-corrected chi connectivity index (χ3v) is 8.43. The molecule has 0 saturated carbocycles. The Balaban J connectivity index is 0.908. The summed E-state index contributed by atoms with van der Waals surface area (Å²) >= 11 is 5.43. The van der Waals surface area contributed by atoms with Crippen molar-refractivity contribution in [2.45, 2.75) is 12.5 Å². The summed E-state index contributed by atoms with van der Waals surface area (Å²) in [6.45, 7) is 2.86. The predicted octanol–water partition coefficient (Wildman–Crippen LogP) is 6.65. The number of thiocarbonyl (C=S) groups is 1. The molecular weight excluding hydrogens is 648 g/mol. The van der Waals surface area contributed by atoms with Gasteiger partial charge >= 0.3 is 12.1 Å². The second-order valence-electron chi connectivity index (χ2n) is 11.5. The van der Waals surface area contributed by atoms with Crippen LogP contribution in [0.25, 0.3) is 10.8 Å². The molecule has 5 aromatic carbocycles. The molecular formula is C37H30N2O9S. The van der Waals surface area contributed by atoms with Crippen molar-refractivity contribution in [1.29, 1.82) is 0 Å². The van der Waals surface area contributed by atoms with Crippen molar-refractivity contribution in [3.63, 3.8) is 0 Å². The maximum atomic E-state index is 13.3. The number of nitrogens with one attached hydrogen (secondary N) is 2. The van der Waals surface area contributed by atoms with Crippen LogP contribution in [0, 0.1) is 6.92 Å². The van der Waals surface area contributed by atoms with Gasteiger partial charge in [0.2, 0.25) is 0 Å². The van der Waals surface area contributed by atoms with E-state index >= 15 is 0 Å². The number of rotatable bonds is 8. The maximum Gasteiger partial charge on any atom is 0.513 e. The van der Waals surface area contributed by atoms with E-state index in [0.29, 0.717) is 56.8 Å². The van der Waals surface area contributed by atoms with E-state index in [1.807, 2.05) is 25.1 Å². The molecule has 0 saturated heterocycles. The van der Waals surface area contributed by atoms with Crippen molar-refractivity contribution in [3.8, 4) is 28.7 Å². The van der Waals surface area contributed by atoms with Gasteiger partial charge < -0.3 is 44.5 Å². The number of carbonyl (C=O) groups is 2. The van der Waals surface area contributed by atoms with Gasteiger partial charge in [0, 0.05) is 41.1 Å². The van der Waals surface area contributed by atoms with E-state index in [2.05, 4.69) is 16.7 Å². The SMILES string of the molecule is Cc1ccc2cc(OC(=O)OCCOCCNC(=S)Nc3ccc4c(c3)C(=O)OC43c4ccc(O)cc4Oc4cc(O)ccc43)ccc2c1. The number of hydrogen-bond acceptors (Lipinski definition) is 10. The third-order valence-electron chi connectivity index (χ3n) is 8.18. The highest BCUT2D eigenvalue weighted by molar-refractivity contribution is 7.80. The Morgan fingerprint density at radius 1 is 0.816 bits per heavy atom. The van der Waals surface area contributed by atoms with E-state index in [4.69, 9.17) is 35.9 Å². The molecule has 0 amide bonds. The molecule has 0 bridgehead atoms. The number of aromatic hydroxyl groups is 2. The Labute approximate surface area is 285 Å². The molecule has 4 N–H and O–H groups in total. The number of carbonyl (C=O) groups excluding carboxylic acids is 2. The summed E-state index contributed by atoms with van der Waals surface area (Å²) in [6, 6.07) is 25.8. The number of esters is 1. The van der Waals surface area contributed by atoms with E-state index in [9.17, 15) is 19.8 Å². The van der Waals surface area contributed by atoms with Crippen LogP contribution in [0.2, 0.25) is 0 Å². The number of phenolic OH excluding ortho intramolecular Hbond substituents is 2. The van der Waals surface area contributed by atoms with Gasteiger partial charge in [0.05, 0.1) is 18.8 Å². The molecule has 5 aromatic rings. The summed E-state index contributed by atoms with van der Waals surface area (Å²) in [7, 11) is 0. The summed E-state index contributed by atoms with van der Waals surface area (Å²) < 4.78 is 28.0. The Morgan fingerprint density at radius 2 is 1.51 bits per heavy atom. The zero-order chi connectivity index (χ0) is 34.1. The number of phenols is 2. The fourth-order valence-electron chi connectivity index (χ4n) is 6.01. The summed E-state index contributed by atoms with van der Waals surface area (Å²) in [5, 5.41) is 28.6. The van der Waals surface area contributed by atoms with Crippen molar-refractivity contribution < 1.29 is 43.5 Å². The second-order valence-corrected chi connectivity index (χ2v) is 11.9. The quantitative estimate of drug-likeness (QED) is 0.0604. The molecule has 0 aromatic heterocycles. The smallest absolute Gasteiger partial charge is 0.508 e. The lowest BCUT2D eigenvalue weighted by molar-refractivity contribution is 0.0224. The van der Waals surface area contributed by atoms with Crippen LogP contribution in [0.5, 0.6) is 28.7 Å². The van der Waals surface area contributed by atoms with Crippen LogP contribution < -0.4 is 20.1 Å². The van der Waals surface area contributed by atoms with Crippen LogP contribution >= 0.6 is 12.2 Å². The molecule has 11 nitrogen and oxygen atoms in total. The Hall–Kier alpha value is -5.85. The van der Waals surface area contributed by atoms with Gasteiger partial charge in [-0.05, 0) is 78.4 Å². The zero-order valence-corrected chi connectivity index (χ0v) is 27.0. The van der Waals surface area contributed by atoms with E-state index in [1.54, 1.807) is 42.5 Å². The average molecular weight is 679 g/mol. The van der Waals surface area contributed by atoms with E-state index < -0.39 is 17.7 Å². The highest BCUT2D eigenvalue weighted by Crippen LogP contribution is 2.57. The normalized spacial score (nSPS) is 13.4.